The minimum absolute atomic E-state index is 0.149. The summed E-state index contributed by atoms with van der Waals surface area (Å²) in [5.74, 6) is -1.33. The molecule has 0 bridgehead atoms. The Labute approximate surface area is 167 Å². The largest absolute Gasteiger partial charge is 0.468 e. The van der Waals surface area contributed by atoms with E-state index < -0.39 is 22.5 Å². The molecule has 0 aliphatic heterocycles. The molecule has 1 heterocycles. The number of carbonyl (C=O) groups excluding carboxylic acids is 2. The van der Waals surface area contributed by atoms with E-state index in [9.17, 15) is 19.7 Å². The zero-order valence-corrected chi connectivity index (χ0v) is 16.4. The van der Waals surface area contributed by atoms with E-state index >= 15 is 0 Å². The van der Waals surface area contributed by atoms with Gasteiger partial charge in [-0.3, -0.25) is 19.7 Å². The van der Waals surface area contributed by atoms with E-state index in [1.54, 1.807) is 4.57 Å². The zero-order valence-electron chi connectivity index (χ0n) is 14.8. The predicted octanol–water partition coefficient (Wildman–Crippen LogP) is 3.49. The number of methoxy groups -OCH3 is 1. The predicted molar refractivity (Wildman–Crippen MR) is 105 cm³/mol. The highest BCUT2D eigenvalue weighted by atomic mass is 35.5. The van der Waals surface area contributed by atoms with Crippen LogP contribution in [0.3, 0.4) is 0 Å². The van der Waals surface area contributed by atoms with Crippen LogP contribution < -0.4 is 4.80 Å². The number of aromatic nitrogens is 1. The Bertz CT molecular complexity index is 1180. The van der Waals surface area contributed by atoms with Crippen LogP contribution in [0.2, 0.25) is 5.02 Å². The van der Waals surface area contributed by atoms with Crippen molar-refractivity contribution in [3.63, 3.8) is 0 Å². The lowest BCUT2D eigenvalue weighted by atomic mass is 10.2. The lowest BCUT2D eigenvalue weighted by molar-refractivity contribution is -0.385. The second-order valence-corrected chi connectivity index (χ2v) is 7.30. The molecule has 8 nitrogen and oxygen atoms in total. The van der Waals surface area contributed by atoms with Crippen molar-refractivity contribution in [1.29, 1.82) is 0 Å². The van der Waals surface area contributed by atoms with Gasteiger partial charge in [-0.25, -0.2) is 0 Å². The number of nitro benzene ring substituents is 1. The van der Waals surface area contributed by atoms with E-state index in [-0.39, 0.29) is 21.9 Å². The van der Waals surface area contributed by atoms with Crippen molar-refractivity contribution >= 4 is 50.7 Å². The van der Waals surface area contributed by atoms with E-state index in [1.165, 1.54) is 30.6 Å². The number of amides is 1. The number of esters is 1. The average molecular weight is 420 g/mol. The number of hydrogen-bond acceptors (Lipinski definition) is 6. The molecule has 0 fully saturated rings. The molecule has 10 heteroatoms. The first kappa shape index (κ1) is 19.7. The molecule has 0 radical (unpaired) electrons. The second-order valence-electron chi connectivity index (χ2n) is 5.85. The normalized spacial score (nSPS) is 11.6. The summed E-state index contributed by atoms with van der Waals surface area (Å²) in [6, 6.07) is 9.27. The summed E-state index contributed by atoms with van der Waals surface area (Å²) in [6.45, 7) is 1.77. The van der Waals surface area contributed by atoms with Crippen LogP contribution >= 0.6 is 22.9 Å². The molecule has 0 atom stereocenters. The number of benzene rings is 2. The van der Waals surface area contributed by atoms with Gasteiger partial charge in [-0.15, -0.1) is 0 Å². The van der Waals surface area contributed by atoms with Gasteiger partial charge in [-0.05, 0) is 36.8 Å². The summed E-state index contributed by atoms with van der Waals surface area (Å²) in [6.07, 6.45) is 0. The summed E-state index contributed by atoms with van der Waals surface area (Å²) in [7, 11) is 1.26. The minimum Gasteiger partial charge on any atom is -0.468 e. The average Bonchev–Trinajstić information content (AvgIpc) is 2.97. The molecular weight excluding hydrogens is 406 g/mol. The van der Waals surface area contributed by atoms with Crippen LogP contribution in [0.25, 0.3) is 10.2 Å². The number of rotatable bonds is 4. The number of aryl methyl sites for hydroxylation is 1. The smallest absolute Gasteiger partial charge is 0.325 e. The molecule has 28 heavy (non-hydrogen) atoms. The van der Waals surface area contributed by atoms with E-state index in [4.69, 9.17) is 16.3 Å². The molecule has 0 N–H and O–H groups in total. The molecular formula is C18H14ClN3O5S. The Morgan fingerprint density at radius 1 is 1.29 bits per heavy atom. The Morgan fingerprint density at radius 3 is 2.71 bits per heavy atom. The molecule has 0 unspecified atom stereocenters. The SMILES string of the molecule is COC(=O)Cn1c(=NC(=O)c2cc(Cl)ccc2[N+](=O)[O-])sc2cc(C)ccc21. The van der Waals surface area contributed by atoms with Gasteiger partial charge in [-0.1, -0.05) is 29.0 Å². The van der Waals surface area contributed by atoms with Crippen molar-refractivity contribution < 1.29 is 19.2 Å². The number of ether oxygens (including phenoxy) is 1. The van der Waals surface area contributed by atoms with Crippen LogP contribution in [0.15, 0.2) is 41.4 Å². The molecule has 1 aromatic heterocycles. The number of hydrogen-bond donors (Lipinski definition) is 0. The fraction of sp³-hybridized carbons (Fsp3) is 0.167. The Kier molecular flexibility index (Phi) is 5.57. The van der Waals surface area contributed by atoms with Gasteiger partial charge in [0.15, 0.2) is 4.80 Å². The molecule has 144 valence electrons. The fourth-order valence-corrected chi connectivity index (χ4v) is 3.90. The minimum atomic E-state index is -0.823. The quantitative estimate of drug-likeness (QED) is 0.366. The lowest BCUT2D eigenvalue weighted by Gasteiger charge is -2.04. The molecule has 1 amide bonds. The van der Waals surface area contributed by atoms with E-state index in [1.807, 2.05) is 25.1 Å². The van der Waals surface area contributed by atoms with Crippen LogP contribution in [0, 0.1) is 17.0 Å². The molecule has 2 aromatic carbocycles. The molecule has 0 saturated carbocycles. The molecule has 0 aliphatic rings. The Balaban J connectivity index is 2.20. The van der Waals surface area contributed by atoms with Crippen molar-refractivity contribution in [1.82, 2.24) is 4.57 Å². The monoisotopic (exact) mass is 419 g/mol. The molecule has 3 rings (SSSR count). The Hall–Kier alpha value is -3.04. The molecule has 0 aliphatic carbocycles. The topological polar surface area (TPSA) is 104 Å². The van der Waals surface area contributed by atoms with Gasteiger partial charge in [0.1, 0.15) is 12.1 Å². The highest BCUT2D eigenvalue weighted by Gasteiger charge is 2.21. The van der Waals surface area contributed by atoms with Crippen molar-refractivity contribution in [3.8, 4) is 0 Å². The van der Waals surface area contributed by atoms with Gasteiger partial charge in [0.05, 0.1) is 22.2 Å². The zero-order chi connectivity index (χ0) is 20.4. The van der Waals surface area contributed by atoms with Crippen LogP contribution in [0.4, 0.5) is 5.69 Å². The Morgan fingerprint density at radius 2 is 2.04 bits per heavy atom. The maximum Gasteiger partial charge on any atom is 0.325 e. The lowest BCUT2D eigenvalue weighted by Crippen LogP contribution is -2.22. The summed E-state index contributed by atoms with van der Waals surface area (Å²) in [5.41, 5.74) is 1.08. The van der Waals surface area contributed by atoms with Gasteiger partial charge in [0, 0.05) is 11.1 Å². The highest BCUT2D eigenvalue weighted by molar-refractivity contribution is 7.16. The van der Waals surface area contributed by atoms with Crippen LogP contribution in [-0.4, -0.2) is 28.5 Å². The van der Waals surface area contributed by atoms with Crippen LogP contribution in [-0.2, 0) is 16.1 Å². The van der Waals surface area contributed by atoms with Gasteiger partial charge in [0.25, 0.3) is 11.6 Å². The highest BCUT2D eigenvalue weighted by Crippen LogP contribution is 2.24. The maximum atomic E-state index is 12.7. The number of halogens is 1. The van der Waals surface area contributed by atoms with E-state index in [2.05, 4.69) is 4.99 Å². The summed E-state index contributed by atoms with van der Waals surface area (Å²) in [5, 5.41) is 11.4. The molecule has 0 spiro atoms. The summed E-state index contributed by atoms with van der Waals surface area (Å²) in [4.78, 5) is 39.3. The third-order valence-electron chi connectivity index (χ3n) is 3.94. The first-order valence-corrected chi connectivity index (χ1v) is 9.19. The maximum absolute atomic E-state index is 12.7. The van der Waals surface area contributed by atoms with Crippen LogP contribution in [0.1, 0.15) is 15.9 Å². The van der Waals surface area contributed by atoms with Crippen molar-refractivity contribution in [2.24, 2.45) is 4.99 Å². The number of nitro groups is 1. The third kappa shape index (κ3) is 3.95. The van der Waals surface area contributed by atoms with Gasteiger partial charge < -0.3 is 9.30 Å². The standard InChI is InChI=1S/C18H14ClN3O5S/c1-10-3-5-14-15(7-10)28-18(21(14)9-16(23)27-2)20-17(24)12-8-11(19)4-6-13(12)22(25)26/h3-8H,9H2,1-2H3. The van der Waals surface area contributed by atoms with Crippen molar-refractivity contribution in [3.05, 3.63) is 67.5 Å². The molecule has 0 saturated heterocycles. The van der Waals surface area contributed by atoms with Gasteiger partial charge in [-0.2, -0.15) is 4.99 Å². The number of fused-ring (bicyclic) bond motifs is 1. The fourth-order valence-electron chi connectivity index (χ4n) is 2.60. The third-order valence-corrected chi connectivity index (χ3v) is 5.21. The first-order chi connectivity index (χ1) is 13.3. The number of carbonyl (C=O) groups is 2. The van der Waals surface area contributed by atoms with Crippen LogP contribution in [0.5, 0.6) is 0 Å². The van der Waals surface area contributed by atoms with Crippen molar-refractivity contribution in [2.75, 3.05) is 7.11 Å². The van der Waals surface area contributed by atoms with E-state index in [0.717, 1.165) is 16.3 Å². The van der Waals surface area contributed by atoms with Gasteiger partial charge in [0.2, 0.25) is 0 Å². The first-order valence-electron chi connectivity index (χ1n) is 8.00. The molecule has 3 aromatic rings. The second kappa shape index (κ2) is 7.91. The summed E-state index contributed by atoms with van der Waals surface area (Å²) < 4.78 is 7.08. The number of thiazole rings is 1. The number of nitrogens with zero attached hydrogens (tertiary/aromatic N) is 3. The summed E-state index contributed by atoms with van der Waals surface area (Å²) >= 11 is 7.09. The van der Waals surface area contributed by atoms with Crippen molar-refractivity contribution in [2.45, 2.75) is 13.5 Å². The van der Waals surface area contributed by atoms with Gasteiger partial charge >= 0.3 is 5.97 Å². The van der Waals surface area contributed by atoms with E-state index in [0.29, 0.717) is 5.52 Å².